The molecule has 0 spiro atoms. The first-order valence-corrected chi connectivity index (χ1v) is 9.23. The van der Waals surface area contributed by atoms with Crippen molar-refractivity contribution < 1.29 is 9.59 Å². The average Bonchev–Trinajstić information content (AvgIpc) is 3.30. The number of hydrogen-bond acceptors (Lipinski definition) is 5. The highest BCUT2D eigenvalue weighted by molar-refractivity contribution is 7.99. The van der Waals surface area contributed by atoms with Crippen LogP contribution in [0, 0.1) is 0 Å². The second-order valence-electron chi connectivity index (χ2n) is 6.14. The summed E-state index contributed by atoms with van der Waals surface area (Å²) in [5.41, 5.74) is 1.04. The Hall–Kier alpha value is -2.15. The highest BCUT2D eigenvalue weighted by Gasteiger charge is 2.34. The van der Waals surface area contributed by atoms with Crippen molar-refractivity contribution in [3.05, 3.63) is 41.2 Å². The molecule has 1 aromatic heterocycles. The number of carbonyl (C=O) groups is 2. The molecule has 1 aliphatic heterocycles. The summed E-state index contributed by atoms with van der Waals surface area (Å²) in [4.78, 5) is 30.3. The van der Waals surface area contributed by atoms with Gasteiger partial charge >= 0.3 is 0 Å². The zero-order valence-corrected chi connectivity index (χ0v) is 14.0. The minimum absolute atomic E-state index is 0.175. The molecule has 1 saturated carbocycles. The van der Waals surface area contributed by atoms with Crippen molar-refractivity contribution in [3.63, 3.8) is 0 Å². The Labute approximate surface area is 144 Å². The van der Waals surface area contributed by atoms with Gasteiger partial charge in [0.25, 0.3) is 11.8 Å². The van der Waals surface area contributed by atoms with E-state index in [1.165, 1.54) is 17.7 Å². The molecular weight excluding hydrogens is 324 g/mol. The molecule has 124 valence electrons. The Morgan fingerprint density at radius 3 is 2.50 bits per heavy atom. The summed E-state index contributed by atoms with van der Waals surface area (Å²) in [5.74, 6) is 2.12. The van der Waals surface area contributed by atoms with E-state index in [4.69, 9.17) is 0 Å². The number of amides is 2. The molecule has 24 heavy (non-hydrogen) atoms. The predicted octanol–water partition coefficient (Wildman–Crippen LogP) is 2.85. The summed E-state index contributed by atoms with van der Waals surface area (Å²) in [5, 5.41) is 8.00. The summed E-state index contributed by atoms with van der Waals surface area (Å²) in [6, 6.07) is 7.01. The van der Waals surface area contributed by atoms with Crippen molar-refractivity contribution in [2.75, 3.05) is 12.3 Å². The van der Waals surface area contributed by atoms with Gasteiger partial charge in [-0.15, -0.1) is 5.10 Å². The van der Waals surface area contributed by atoms with Crippen molar-refractivity contribution in [1.82, 2.24) is 20.1 Å². The molecular formula is C17H18N4O2S. The van der Waals surface area contributed by atoms with Gasteiger partial charge in [0.15, 0.2) is 0 Å². The fourth-order valence-corrected chi connectivity index (χ4v) is 3.64. The van der Waals surface area contributed by atoms with Gasteiger partial charge < -0.3 is 0 Å². The molecule has 2 heterocycles. The van der Waals surface area contributed by atoms with E-state index in [-0.39, 0.29) is 11.8 Å². The Kier molecular flexibility index (Phi) is 4.10. The van der Waals surface area contributed by atoms with Crippen LogP contribution in [-0.4, -0.2) is 44.2 Å². The maximum Gasteiger partial charge on any atom is 0.261 e. The Balaban J connectivity index is 1.23. The number of hydrogen-bond donors (Lipinski definition) is 1. The number of fused-ring (bicyclic) bond motifs is 1. The normalized spacial score (nSPS) is 16.8. The third kappa shape index (κ3) is 2.96. The van der Waals surface area contributed by atoms with E-state index in [2.05, 4.69) is 15.2 Å². The van der Waals surface area contributed by atoms with Crippen LogP contribution in [0.5, 0.6) is 0 Å². The molecule has 0 atom stereocenters. The quantitative estimate of drug-likeness (QED) is 0.475. The molecule has 2 aromatic rings. The first-order chi connectivity index (χ1) is 11.7. The van der Waals surface area contributed by atoms with Crippen LogP contribution in [0.25, 0.3) is 0 Å². The van der Waals surface area contributed by atoms with E-state index in [0.717, 1.165) is 29.6 Å². The number of imide groups is 1. The van der Waals surface area contributed by atoms with E-state index >= 15 is 0 Å². The van der Waals surface area contributed by atoms with Gasteiger partial charge in [0.1, 0.15) is 5.82 Å². The van der Waals surface area contributed by atoms with Crippen LogP contribution in [0.15, 0.2) is 29.4 Å². The fraction of sp³-hybridized carbons (Fsp3) is 0.412. The van der Waals surface area contributed by atoms with Crippen LogP contribution < -0.4 is 0 Å². The molecule has 0 bridgehead atoms. The molecule has 1 fully saturated rings. The SMILES string of the molecule is O=C1c2ccccc2C(=O)N1CCCCSc1n[nH]c(C2CC2)n1. The number of aromatic nitrogens is 3. The molecule has 2 amide bonds. The number of nitrogens with one attached hydrogen (secondary N) is 1. The van der Waals surface area contributed by atoms with Gasteiger partial charge in [0.05, 0.1) is 11.1 Å². The molecule has 1 aromatic carbocycles. The topological polar surface area (TPSA) is 79.0 Å². The second-order valence-corrected chi connectivity index (χ2v) is 7.20. The Bertz CT molecular complexity index is 749. The van der Waals surface area contributed by atoms with E-state index in [9.17, 15) is 9.59 Å². The highest BCUT2D eigenvalue weighted by Crippen LogP contribution is 2.38. The number of H-pyrrole nitrogens is 1. The zero-order chi connectivity index (χ0) is 16.5. The minimum Gasteiger partial charge on any atom is -0.274 e. The lowest BCUT2D eigenvalue weighted by Gasteiger charge is -2.13. The van der Waals surface area contributed by atoms with Gasteiger partial charge in [0, 0.05) is 18.2 Å². The van der Waals surface area contributed by atoms with Crippen LogP contribution >= 0.6 is 11.8 Å². The van der Waals surface area contributed by atoms with Gasteiger partial charge in [-0.1, -0.05) is 23.9 Å². The summed E-state index contributed by atoms with van der Waals surface area (Å²) >= 11 is 1.62. The predicted molar refractivity (Wildman–Crippen MR) is 90.1 cm³/mol. The highest BCUT2D eigenvalue weighted by atomic mass is 32.2. The third-order valence-corrected chi connectivity index (χ3v) is 5.27. The fourth-order valence-electron chi connectivity index (χ4n) is 2.84. The van der Waals surface area contributed by atoms with Gasteiger partial charge in [0.2, 0.25) is 5.16 Å². The standard InChI is InChI=1S/C17H18N4O2S/c22-15-12-5-1-2-6-13(12)16(23)21(15)9-3-4-10-24-17-18-14(19-20-17)11-7-8-11/h1-2,5-6,11H,3-4,7-10H2,(H,18,19,20). The monoisotopic (exact) mass is 342 g/mol. The smallest absolute Gasteiger partial charge is 0.261 e. The van der Waals surface area contributed by atoms with E-state index in [0.29, 0.717) is 23.6 Å². The van der Waals surface area contributed by atoms with Crippen LogP contribution in [-0.2, 0) is 0 Å². The molecule has 1 aliphatic carbocycles. The molecule has 0 radical (unpaired) electrons. The van der Waals surface area contributed by atoms with Gasteiger partial charge in [-0.2, -0.15) is 0 Å². The molecule has 0 unspecified atom stereocenters. The van der Waals surface area contributed by atoms with Crippen LogP contribution in [0.2, 0.25) is 0 Å². The first kappa shape index (κ1) is 15.4. The maximum absolute atomic E-state index is 12.2. The van der Waals surface area contributed by atoms with Crippen molar-refractivity contribution in [3.8, 4) is 0 Å². The Morgan fingerprint density at radius 2 is 1.83 bits per heavy atom. The van der Waals surface area contributed by atoms with Gasteiger partial charge in [-0.3, -0.25) is 19.6 Å². The molecule has 4 rings (SSSR count). The molecule has 1 N–H and O–H groups in total. The summed E-state index contributed by atoms with van der Waals surface area (Å²) in [7, 11) is 0. The number of rotatable bonds is 7. The number of benzene rings is 1. The largest absolute Gasteiger partial charge is 0.274 e. The van der Waals surface area contributed by atoms with Gasteiger partial charge in [-0.25, -0.2) is 4.98 Å². The molecule has 7 heteroatoms. The molecule has 0 saturated heterocycles. The van der Waals surface area contributed by atoms with Gasteiger partial charge in [-0.05, 0) is 37.8 Å². The van der Waals surface area contributed by atoms with E-state index in [1.807, 2.05) is 0 Å². The molecule has 6 nitrogen and oxygen atoms in total. The average molecular weight is 342 g/mol. The summed E-state index contributed by atoms with van der Waals surface area (Å²) < 4.78 is 0. The van der Waals surface area contributed by atoms with Crippen LogP contribution in [0.3, 0.4) is 0 Å². The van der Waals surface area contributed by atoms with Crippen molar-refractivity contribution in [1.29, 1.82) is 0 Å². The minimum atomic E-state index is -0.175. The lowest BCUT2D eigenvalue weighted by atomic mass is 10.1. The van der Waals surface area contributed by atoms with Crippen molar-refractivity contribution in [2.24, 2.45) is 0 Å². The Morgan fingerprint density at radius 1 is 1.12 bits per heavy atom. The maximum atomic E-state index is 12.2. The van der Waals surface area contributed by atoms with Crippen LogP contribution in [0.4, 0.5) is 0 Å². The van der Waals surface area contributed by atoms with E-state index in [1.54, 1.807) is 36.0 Å². The number of thioether (sulfide) groups is 1. The lowest BCUT2D eigenvalue weighted by molar-refractivity contribution is 0.0652. The number of unbranched alkanes of at least 4 members (excludes halogenated alkanes) is 1. The summed E-state index contributed by atoms with van der Waals surface area (Å²) in [6.07, 6.45) is 4.11. The first-order valence-electron chi connectivity index (χ1n) is 8.24. The van der Waals surface area contributed by atoms with E-state index < -0.39 is 0 Å². The van der Waals surface area contributed by atoms with Crippen molar-refractivity contribution in [2.45, 2.75) is 36.8 Å². The number of nitrogens with zero attached hydrogens (tertiary/aromatic N) is 3. The number of aromatic amines is 1. The summed E-state index contributed by atoms with van der Waals surface area (Å²) in [6.45, 7) is 0.466. The number of carbonyl (C=O) groups excluding carboxylic acids is 2. The second kappa shape index (κ2) is 6.39. The zero-order valence-electron chi connectivity index (χ0n) is 13.2. The van der Waals surface area contributed by atoms with Crippen molar-refractivity contribution >= 4 is 23.6 Å². The lowest BCUT2D eigenvalue weighted by Crippen LogP contribution is -2.30. The molecule has 2 aliphatic rings. The third-order valence-electron chi connectivity index (χ3n) is 4.33. The van der Waals surface area contributed by atoms with Crippen LogP contribution in [0.1, 0.15) is 58.1 Å².